The summed E-state index contributed by atoms with van der Waals surface area (Å²) in [4.78, 5) is 2.54. The minimum atomic E-state index is 0.749. The molecule has 18 heavy (non-hydrogen) atoms. The van der Waals surface area contributed by atoms with Crippen molar-refractivity contribution >= 4 is 5.69 Å². The van der Waals surface area contributed by atoms with Gasteiger partial charge in [-0.1, -0.05) is 32.0 Å². The van der Waals surface area contributed by atoms with Gasteiger partial charge in [0.2, 0.25) is 0 Å². The van der Waals surface area contributed by atoms with E-state index >= 15 is 0 Å². The highest BCUT2D eigenvalue weighted by Crippen LogP contribution is 2.26. The molecule has 1 aromatic rings. The van der Waals surface area contributed by atoms with Crippen LogP contribution in [0.25, 0.3) is 0 Å². The zero-order valence-electron chi connectivity index (χ0n) is 11.9. The molecule has 1 aliphatic rings. The fourth-order valence-electron chi connectivity index (χ4n) is 2.71. The predicted octanol–water partition coefficient (Wildman–Crippen LogP) is 3.07. The van der Waals surface area contributed by atoms with Crippen LogP contribution in [0.1, 0.15) is 25.8 Å². The topological polar surface area (TPSA) is 15.3 Å². The summed E-state index contributed by atoms with van der Waals surface area (Å²) in [5.74, 6) is 1.56. The Labute approximate surface area is 111 Å². The van der Waals surface area contributed by atoms with E-state index in [0.29, 0.717) is 0 Å². The maximum atomic E-state index is 3.59. The molecule has 1 aromatic carbocycles. The number of nitrogens with zero attached hydrogens (tertiary/aromatic N) is 1. The zero-order valence-corrected chi connectivity index (χ0v) is 11.9. The van der Waals surface area contributed by atoms with Crippen molar-refractivity contribution in [3.63, 3.8) is 0 Å². The van der Waals surface area contributed by atoms with Gasteiger partial charge in [-0.2, -0.15) is 0 Å². The number of aryl methyl sites for hydroxylation is 1. The molecule has 2 heteroatoms. The Morgan fingerprint density at radius 3 is 2.83 bits per heavy atom. The average molecular weight is 246 g/mol. The van der Waals surface area contributed by atoms with Gasteiger partial charge in [0.1, 0.15) is 0 Å². The standard InChI is InChI=1S/C16H26N2/c1-13(2)10-17-11-15-8-9-18(12-15)16-7-5-4-6-14(16)3/h4-7,13,15,17H,8-12H2,1-3H3. The van der Waals surface area contributed by atoms with Crippen molar-refractivity contribution in [1.29, 1.82) is 0 Å². The minimum Gasteiger partial charge on any atom is -0.371 e. The molecule has 1 N–H and O–H groups in total. The lowest BCUT2D eigenvalue weighted by atomic mass is 10.1. The zero-order chi connectivity index (χ0) is 13.0. The number of para-hydroxylation sites is 1. The van der Waals surface area contributed by atoms with Gasteiger partial charge >= 0.3 is 0 Å². The molecule has 0 amide bonds. The Balaban J connectivity index is 1.83. The van der Waals surface area contributed by atoms with Crippen LogP contribution in [0.2, 0.25) is 0 Å². The quantitative estimate of drug-likeness (QED) is 0.859. The molecule has 100 valence electrons. The maximum Gasteiger partial charge on any atom is 0.0396 e. The molecule has 0 radical (unpaired) electrons. The van der Waals surface area contributed by atoms with Crippen molar-refractivity contribution < 1.29 is 0 Å². The fourth-order valence-corrected chi connectivity index (χ4v) is 2.71. The van der Waals surface area contributed by atoms with Crippen molar-refractivity contribution in [1.82, 2.24) is 5.32 Å². The molecule has 0 bridgehead atoms. The first-order valence-corrected chi connectivity index (χ1v) is 7.18. The van der Waals surface area contributed by atoms with E-state index in [1.165, 1.54) is 37.3 Å². The number of hydrogen-bond donors (Lipinski definition) is 1. The summed E-state index contributed by atoms with van der Waals surface area (Å²) in [7, 11) is 0. The van der Waals surface area contributed by atoms with E-state index in [1.807, 2.05) is 0 Å². The van der Waals surface area contributed by atoms with E-state index in [4.69, 9.17) is 0 Å². The third-order valence-electron chi connectivity index (χ3n) is 3.73. The summed E-state index contributed by atoms with van der Waals surface area (Å²) in [5, 5.41) is 3.59. The van der Waals surface area contributed by atoms with Gasteiger partial charge in [-0.3, -0.25) is 0 Å². The number of benzene rings is 1. The minimum absolute atomic E-state index is 0.749. The van der Waals surface area contributed by atoms with Crippen LogP contribution in [0.3, 0.4) is 0 Å². The van der Waals surface area contributed by atoms with Crippen molar-refractivity contribution in [2.24, 2.45) is 11.8 Å². The van der Waals surface area contributed by atoms with Crippen LogP contribution in [-0.2, 0) is 0 Å². The Hall–Kier alpha value is -1.02. The lowest BCUT2D eigenvalue weighted by molar-refractivity contribution is 0.477. The number of hydrogen-bond acceptors (Lipinski definition) is 2. The number of anilines is 1. The molecule has 1 unspecified atom stereocenters. The van der Waals surface area contributed by atoms with Gasteiger partial charge in [0.05, 0.1) is 0 Å². The second kappa shape index (κ2) is 6.24. The molecule has 1 saturated heterocycles. The first kappa shape index (κ1) is 13.4. The summed E-state index contributed by atoms with van der Waals surface area (Å²) in [5.41, 5.74) is 2.82. The summed E-state index contributed by atoms with van der Waals surface area (Å²) in [6, 6.07) is 8.72. The van der Waals surface area contributed by atoms with E-state index in [2.05, 4.69) is 55.3 Å². The molecular formula is C16H26N2. The molecular weight excluding hydrogens is 220 g/mol. The average Bonchev–Trinajstić information content (AvgIpc) is 2.78. The van der Waals surface area contributed by atoms with E-state index < -0.39 is 0 Å². The SMILES string of the molecule is Cc1ccccc1N1CCC(CNCC(C)C)C1. The molecule has 0 aromatic heterocycles. The Morgan fingerprint density at radius 1 is 1.33 bits per heavy atom. The molecule has 1 atom stereocenters. The molecule has 1 fully saturated rings. The number of rotatable bonds is 5. The maximum absolute atomic E-state index is 3.59. The molecule has 0 spiro atoms. The monoisotopic (exact) mass is 246 g/mol. The van der Waals surface area contributed by atoms with Gasteiger partial charge in [-0.05, 0) is 49.9 Å². The lowest BCUT2D eigenvalue weighted by Crippen LogP contribution is -2.28. The second-order valence-corrected chi connectivity index (χ2v) is 5.94. The summed E-state index contributed by atoms with van der Waals surface area (Å²) in [6.07, 6.45) is 1.32. The third kappa shape index (κ3) is 3.49. The summed E-state index contributed by atoms with van der Waals surface area (Å²) < 4.78 is 0. The van der Waals surface area contributed by atoms with E-state index in [0.717, 1.165) is 18.4 Å². The predicted molar refractivity (Wildman–Crippen MR) is 79.2 cm³/mol. The molecule has 1 heterocycles. The van der Waals surface area contributed by atoms with E-state index in [1.54, 1.807) is 0 Å². The van der Waals surface area contributed by atoms with Crippen LogP contribution < -0.4 is 10.2 Å². The highest BCUT2D eigenvalue weighted by Gasteiger charge is 2.22. The van der Waals surface area contributed by atoms with Crippen LogP contribution in [0.15, 0.2) is 24.3 Å². The summed E-state index contributed by atoms with van der Waals surface area (Å²) in [6.45, 7) is 11.5. The normalized spacial score (nSPS) is 19.8. The van der Waals surface area contributed by atoms with Crippen molar-refractivity contribution in [3.8, 4) is 0 Å². The number of nitrogens with one attached hydrogen (secondary N) is 1. The second-order valence-electron chi connectivity index (χ2n) is 5.94. The van der Waals surface area contributed by atoms with Gasteiger partial charge in [0.25, 0.3) is 0 Å². The Morgan fingerprint density at radius 2 is 2.11 bits per heavy atom. The molecule has 0 saturated carbocycles. The van der Waals surface area contributed by atoms with Gasteiger partial charge < -0.3 is 10.2 Å². The fraction of sp³-hybridized carbons (Fsp3) is 0.625. The van der Waals surface area contributed by atoms with Crippen LogP contribution in [-0.4, -0.2) is 26.2 Å². The van der Waals surface area contributed by atoms with Gasteiger partial charge in [0.15, 0.2) is 0 Å². The Bertz CT molecular complexity index is 373. The van der Waals surface area contributed by atoms with Crippen LogP contribution in [0, 0.1) is 18.8 Å². The van der Waals surface area contributed by atoms with Gasteiger partial charge in [-0.15, -0.1) is 0 Å². The van der Waals surface area contributed by atoms with Gasteiger partial charge in [0, 0.05) is 18.8 Å². The molecule has 0 aliphatic carbocycles. The Kier molecular flexibility index (Phi) is 4.65. The van der Waals surface area contributed by atoms with Crippen molar-refractivity contribution in [2.45, 2.75) is 27.2 Å². The first-order chi connectivity index (χ1) is 8.66. The highest BCUT2D eigenvalue weighted by molar-refractivity contribution is 5.53. The first-order valence-electron chi connectivity index (χ1n) is 7.18. The lowest BCUT2D eigenvalue weighted by Gasteiger charge is -2.21. The van der Waals surface area contributed by atoms with E-state index in [-0.39, 0.29) is 0 Å². The van der Waals surface area contributed by atoms with Crippen LogP contribution >= 0.6 is 0 Å². The molecule has 2 rings (SSSR count). The van der Waals surface area contributed by atoms with Crippen molar-refractivity contribution in [3.05, 3.63) is 29.8 Å². The largest absolute Gasteiger partial charge is 0.371 e. The molecule has 1 aliphatic heterocycles. The van der Waals surface area contributed by atoms with E-state index in [9.17, 15) is 0 Å². The molecule has 2 nitrogen and oxygen atoms in total. The summed E-state index contributed by atoms with van der Waals surface area (Å²) >= 11 is 0. The van der Waals surface area contributed by atoms with Crippen molar-refractivity contribution in [2.75, 3.05) is 31.1 Å². The smallest absolute Gasteiger partial charge is 0.0396 e. The van der Waals surface area contributed by atoms with Gasteiger partial charge in [-0.25, -0.2) is 0 Å². The van der Waals surface area contributed by atoms with Crippen LogP contribution in [0.5, 0.6) is 0 Å². The third-order valence-corrected chi connectivity index (χ3v) is 3.73. The van der Waals surface area contributed by atoms with Crippen LogP contribution in [0.4, 0.5) is 5.69 Å². The highest BCUT2D eigenvalue weighted by atomic mass is 15.2.